The SMILES string of the molecule is COc1ccc(C(=O)OCC(=O)N2CCC[C@H]3CCCC[C@@H]32)c2ccccc12. The monoisotopic (exact) mass is 381 g/mol. The lowest BCUT2D eigenvalue weighted by Gasteiger charge is -2.44. The van der Waals surface area contributed by atoms with E-state index in [0.717, 1.165) is 30.2 Å². The van der Waals surface area contributed by atoms with Gasteiger partial charge in [-0.05, 0) is 49.1 Å². The van der Waals surface area contributed by atoms with E-state index in [-0.39, 0.29) is 12.5 Å². The first kappa shape index (κ1) is 18.8. The second-order valence-corrected chi connectivity index (χ2v) is 7.78. The minimum absolute atomic E-state index is 0.0669. The first-order chi connectivity index (χ1) is 13.7. The number of piperidine rings is 1. The molecule has 0 bridgehead atoms. The van der Waals surface area contributed by atoms with Gasteiger partial charge in [-0.15, -0.1) is 0 Å². The van der Waals surface area contributed by atoms with Gasteiger partial charge >= 0.3 is 5.97 Å². The molecule has 4 rings (SSSR count). The Hall–Kier alpha value is -2.56. The second kappa shape index (κ2) is 8.21. The van der Waals surface area contributed by atoms with Crippen LogP contribution in [0.5, 0.6) is 5.75 Å². The van der Waals surface area contributed by atoms with Crippen LogP contribution < -0.4 is 4.74 Å². The number of methoxy groups -OCH3 is 1. The van der Waals surface area contributed by atoms with Crippen LogP contribution in [0.25, 0.3) is 10.8 Å². The molecule has 1 saturated carbocycles. The summed E-state index contributed by atoms with van der Waals surface area (Å²) in [5.74, 6) is 0.791. The topological polar surface area (TPSA) is 55.8 Å². The van der Waals surface area contributed by atoms with Crippen LogP contribution >= 0.6 is 0 Å². The Morgan fingerprint density at radius 1 is 1.00 bits per heavy atom. The van der Waals surface area contributed by atoms with Crippen molar-refractivity contribution in [3.63, 3.8) is 0 Å². The molecule has 5 nitrogen and oxygen atoms in total. The number of hydrogen-bond acceptors (Lipinski definition) is 4. The lowest BCUT2D eigenvalue weighted by molar-refractivity contribution is -0.140. The van der Waals surface area contributed by atoms with Crippen molar-refractivity contribution in [2.24, 2.45) is 5.92 Å². The summed E-state index contributed by atoms with van der Waals surface area (Å²) in [6, 6.07) is 11.3. The number of hydrogen-bond donors (Lipinski definition) is 0. The Balaban J connectivity index is 1.46. The number of rotatable bonds is 4. The zero-order chi connectivity index (χ0) is 19.5. The molecule has 0 aromatic heterocycles. The number of likely N-dealkylation sites (tertiary alicyclic amines) is 1. The summed E-state index contributed by atoms with van der Waals surface area (Å²) in [7, 11) is 1.61. The fourth-order valence-electron chi connectivity index (χ4n) is 4.85. The van der Waals surface area contributed by atoms with Crippen molar-refractivity contribution in [1.82, 2.24) is 4.90 Å². The Labute approximate surface area is 165 Å². The average Bonchev–Trinajstić information content (AvgIpc) is 2.76. The minimum Gasteiger partial charge on any atom is -0.496 e. The Morgan fingerprint density at radius 2 is 1.75 bits per heavy atom. The third kappa shape index (κ3) is 3.58. The number of esters is 1. The van der Waals surface area contributed by atoms with Gasteiger partial charge in [0.05, 0.1) is 12.7 Å². The Bertz CT molecular complexity index is 876. The molecule has 1 saturated heterocycles. The van der Waals surface area contributed by atoms with Crippen LogP contribution in [-0.2, 0) is 9.53 Å². The first-order valence-electron chi connectivity index (χ1n) is 10.2. The van der Waals surface area contributed by atoms with Gasteiger partial charge in [-0.3, -0.25) is 4.79 Å². The predicted octanol–water partition coefficient (Wildman–Crippen LogP) is 4.19. The molecule has 2 aromatic carbocycles. The van der Waals surface area contributed by atoms with Crippen LogP contribution in [0.1, 0.15) is 48.9 Å². The maximum atomic E-state index is 12.8. The van der Waals surface area contributed by atoms with Crippen molar-refractivity contribution in [3.05, 3.63) is 42.0 Å². The van der Waals surface area contributed by atoms with Crippen LogP contribution in [0, 0.1) is 5.92 Å². The van der Waals surface area contributed by atoms with Gasteiger partial charge in [-0.25, -0.2) is 4.79 Å². The number of amides is 1. The van der Waals surface area contributed by atoms with Crippen molar-refractivity contribution in [1.29, 1.82) is 0 Å². The number of carbonyl (C=O) groups excluding carboxylic acids is 2. The average molecular weight is 381 g/mol. The lowest BCUT2D eigenvalue weighted by atomic mass is 9.78. The number of carbonyl (C=O) groups is 2. The van der Waals surface area contributed by atoms with E-state index in [1.54, 1.807) is 19.2 Å². The Kier molecular flexibility index (Phi) is 5.51. The highest BCUT2D eigenvalue weighted by atomic mass is 16.5. The van der Waals surface area contributed by atoms with Gasteiger partial charge in [0.1, 0.15) is 5.75 Å². The van der Waals surface area contributed by atoms with Gasteiger partial charge < -0.3 is 14.4 Å². The number of nitrogens with zero attached hydrogens (tertiary/aromatic N) is 1. The van der Waals surface area contributed by atoms with E-state index in [1.165, 1.54) is 25.7 Å². The highest BCUT2D eigenvalue weighted by Gasteiger charge is 2.35. The van der Waals surface area contributed by atoms with Crippen LogP contribution in [0.2, 0.25) is 0 Å². The van der Waals surface area contributed by atoms with Crippen molar-refractivity contribution in [3.8, 4) is 5.75 Å². The number of fused-ring (bicyclic) bond motifs is 2. The smallest absolute Gasteiger partial charge is 0.339 e. The standard InChI is InChI=1S/C23H27NO4/c1-27-21-13-12-19(17-9-3-4-10-18(17)21)23(26)28-15-22(25)24-14-6-8-16-7-2-5-11-20(16)24/h3-4,9-10,12-13,16,20H,2,5-8,11,14-15H2,1H3/t16-,20+/m1/s1. The minimum atomic E-state index is -0.468. The van der Waals surface area contributed by atoms with Crippen molar-refractivity contribution < 1.29 is 19.1 Å². The molecule has 1 aliphatic heterocycles. The molecule has 2 fully saturated rings. The van der Waals surface area contributed by atoms with E-state index >= 15 is 0 Å². The summed E-state index contributed by atoms with van der Waals surface area (Å²) in [6.07, 6.45) is 7.00. The van der Waals surface area contributed by atoms with Gasteiger partial charge in [0.2, 0.25) is 0 Å². The fourth-order valence-corrected chi connectivity index (χ4v) is 4.85. The van der Waals surface area contributed by atoms with Crippen LogP contribution in [0.15, 0.2) is 36.4 Å². The highest BCUT2D eigenvalue weighted by molar-refractivity contribution is 6.06. The maximum Gasteiger partial charge on any atom is 0.339 e. The molecular weight excluding hydrogens is 354 g/mol. The van der Waals surface area contributed by atoms with E-state index in [1.807, 2.05) is 29.2 Å². The third-order valence-corrected chi connectivity index (χ3v) is 6.21. The Morgan fingerprint density at radius 3 is 2.57 bits per heavy atom. The summed E-state index contributed by atoms with van der Waals surface area (Å²) in [6.45, 7) is 0.589. The summed E-state index contributed by atoms with van der Waals surface area (Å²) in [4.78, 5) is 27.4. The van der Waals surface area contributed by atoms with Crippen LogP contribution in [-0.4, -0.2) is 43.1 Å². The van der Waals surface area contributed by atoms with E-state index in [2.05, 4.69) is 0 Å². The van der Waals surface area contributed by atoms with Gasteiger partial charge in [-0.1, -0.05) is 37.1 Å². The zero-order valence-corrected chi connectivity index (χ0v) is 16.4. The zero-order valence-electron chi connectivity index (χ0n) is 16.4. The molecule has 1 aliphatic carbocycles. The number of benzene rings is 2. The second-order valence-electron chi connectivity index (χ2n) is 7.78. The molecule has 1 amide bonds. The predicted molar refractivity (Wildman–Crippen MR) is 107 cm³/mol. The van der Waals surface area contributed by atoms with Crippen molar-refractivity contribution in [2.75, 3.05) is 20.3 Å². The molecule has 2 aliphatic rings. The largest absolute Gasteiger partial charge is 0.496 e. The fraction of sp³-hybridized carbons (Fsp3) is 0.478. The molecule has 1 heterocycles. The highest BCUT2D eigenvalue weighted by Crippen LogP contribution is 2.35. The summed E-state index contributed by atoms with van der Waals surface area (Å²) in [5, 5.41) is 1.62. The van der Waals surface area contributed by atoms with Gasteiger partial charge in [0.15, 0.2) is 6.61 Å². The molecule has 28 heavy (non-hydrogen) atoms. The maximum absolute atomic E-state index is 12.8. The summed E-state index contributed by atoms with van der Waals surface area (Å²) >= 11 is 0. The lowest BCUT2D eigenvalue weighted by Crippen LogP contribution is -2.50. The van der Waals surface area contributed by atoms with Gasteiger partial charge in [0.25, 0.3) is 5.91 Å². The quantitative estimate of drug-likeness (QED) is 0.746. The van der Waals surface area contributed by atoms with Gasteiger partial charge in [-0.2, -0.15) is 0 Å². The van der Waals surface area contributed by atoms with Crippen molar-refractivity contribution >= 4 is 22.6 Å². The molecule has 2 atom stereocenters. The van der Waals surface area contributed by atoms with E-state index in [9.17, 15) is 9.59 Å². The number of ether oxygens (including phenoxy) is 2. The summed E-state index contributed by atoms with van der Waals surface area (Å²) < 4.78 is 10.8. The molecule has 0 spiro atoms. The van der Waals surface area contributed by atoms with E-state index in [4.69, 9.17) is 9.47 Å². The summed E-state index contributed by atoms with van der Waals surface area (Å²) in [5.41, 5.74) is 0.457. The van der Waals surface area contributed by atoms with Crippen LogP contribution in [0.4, 0.5) is 0 Å². The molecule has 2 aromatic rings. The van der Waals surface area contributed by atoms with Gasteiger partial charge in [0, 0.05) is 18.0 Å². The van der Waals surface area contributed by atoms with Crippen molar-refractivity contribution in [2.45, 2.75) is 44.6 Å². The first-order valence-corrected chi connectivity index (χ1v) is 10.2. The molecule has 0 N–H and O–H groups in total. The van der Waals surface area contributed by atoms with E-state index < -0.39 is 5.97 Å². The molecule has 0 radical (unpaired) electrons. The molecular formula is C23H27NO4. The molecule has 5 heteroatoms. The molecule has 0 unspecified atom stereocenters. The normalized spacial score (nSPS) is 21.8. The molecule has 148 valence electrons. The van der Waals surface area contributed by atoms with E-state index in [0.29, 0.717) is 23.3 Å². The third-order valence-electron chi connectivity index (χ3n) is 6.21. The van der Waals surface area contributed by atoms with Crippen LogP contribution in [0.3, 0.4) is 0 Å².